The Hall–Kier alpha value is -5.23. The van der Waals surface area contributed by atoms with Crippen LogP contribution in [0.1, 0.15) is 11.1 Å². The van der Waals surface area contributed by atoms with Crippen LogP contribution in [0.2, 0.25) is 0 Å². The van der Waals surface area contributed by atoms with E-state index in [1.165, 1.54) is 31.9 Å². The Kier molecular flexibility index (Phi) is 11.6. The molecule has 11 heteroatoms. The van der Waals surface area contributed by atoms with E-state index < -0.39 is 16.1 Å². The van der Waals surface area contributed by atoms with Gasteiger partial charge >= 0.3 is 0 Å². The highest BCUT2D eigenvalue weighted by Crippen LogP contribution is 2.31. The Balaban J connectivity index is 1.02. The molecule has 1 saturated heterocycles. The molecule has 0 spiro atoms. The van der Waals surface area contributed by atoms with Gasteiger partial charge in [0.2, 0.25) is 0 Å². The van der Waals surface area contributed by atoms with E-state index in [4.69, 9.17) is 18.9 Å². The summed E-state index contributed by atoms with van der Waals surface area (Å²) in [5.41, 5.74) is 3.71. The van der Waals surface area contributed by atoms with Gasteiger partial charge in [-0.05, 0) is 71.8 Å². The molecule has 1 aliphatic rings. The predicted molar refractivity (Wildman–Crippen MR) is 198 cm³/mol. The maximum absolute atomic E-state index is 13.1. The third-order valence-corrected chi connectivity index (χ3v) is 10.1. The van der Waals surface area contributed by atoms with Crippen molar-refractivity contribution in [3.63, 3.8) is 0 Å². The third kappa shape index (κ3) is 9.52. The van der Waals surface area contributed by atoms with Crippen LogP contribution in [-0.2, 0) is 23.2 Å². The number of ether oxygens (including phenoxy) is 4. The van der Waals surface area contributed by atoms with Gasteiger partial charge in [0.25, 0.3) is 10.0 Å². The lowest BCUT2D eigenvalue weighted by Gasteiger charge is -2.47. The molecule has 1 heterocycles. The molecule has 1 atom stereocenters. The van der Waals surface area contributed by atoms with Crippen LogP contribution in [0.4, 0.5) is 11.4 Å². The summed E-state index contributed by atoms with van der Waals surface area (Å²) in [6, 6.07) is 39.7. The largest absolute Gasteiger partial charge is 0.493 e. The molecule has 2 N–H and O–H groups in total. The second-order valence-electron chi connectivity index (χ2n) is 12.4. The predicted octanol–water partition coefficient (Wildman–Crippen LogP) is 6.21. The van der Waals surface area contributed by atoms with Crippen molar-refractivity contribution >= 4 is 21.4 Å². The van der Waals surface area contributed by atoms with Crippen molar-refractivity contribution in [3.05, 3.63) is 139 Å². The minimum atomic E-state index is -3.84. The van der Waals surface area contributed by atoms with Gasteiger partial charge in [-0.3, -0.25) is 9.62 Å². The van der Waals surface area contributed by atoms with Crippen LogP contribution >= 0.6 is 0 Å². The van der Waals surface area contributed by atoms with Crippen molar-refractivity contribution in [2.75, 3.05) is 50.1 Å². The number of sulfonamides is 1. The Labute approximate surface area is 299 Å². The average Bonchev–Trinajstić information content (AvgIpc) is 3.14. The van der Waals surface area contributed by atoms with Crippen molar-refractivity contribution < 1.29 is 32.5 Å². The van der Waals surface area contributed by atoms with Gasteiger partial charge in [-0.2, -0.15) is 0 Å². The van der Waals surface area contributed by atoms with Crippen molar-refractivity contribution in [1.29, 1.82) is 0 Å². The molecular formula is C40H43N3O7S. The standard InChI is InChI=1S/C40H43N3O7S/c1-47-39-22-21-38(23-40(39)48-2)51(45,46)41-32-13-15-33(16-14-32)43-25-34(26-43)42(24-30-9-5-3-6-10-30)27-35(44)29-50-37-19-17-36(18-20-37)49-28-31-11-7-4-8-12-31/h3-23,34-35,41,44H,24-29H2,1-2H3. The molecule has 5 aromatic carbocycles. The van der Waals surface area contributed by atoms with Crippen LogP contribution in [0.15, 0.2) is 132 Å². The molecule has 0 saturated carbocycles. The zero-order valence-electron chi connectivity index (χ0n) is 28.7. The monoisotopic (exact) mass is 709 g/mol. The van der Waals surface area contributed by atoms with E-state index in [-0.39, 0.29) is 17.5 Å². The number of rotatable bonds is 17. The first-order valence-corrected chi connectivity index (χ1v) is 18.2. The van der Waals surface area contributed by atoms with Crippen LogP contribution in [0.5, 0.6) is 23.0 Å². The van der Waals surface area contributed by atoms with Crippen molar-refractivity contribution in [2.45, 2.75) is 30.2 Å². The zero-order chi connectivity index (χ0) is 35.6. The molecule has 6 rings (SSSR count). The fourth-order valence-corrected chi connectivity index (χ4v) is 6.96. The Morgan fingerprint density at radius 2 is 1.37 bits per heavy atom. The van der Waals surface area contributed by atoms with E-state index in [1.807, 2.05) is 84.9 Å². The fourth-order valence-electron chi connectivity index (χ4n) is 5.88. The van der Waals surface area contributed by atoms with E-state index in [0.717, 1.165) is 30.1 Å². The van der Waals surface area contributed by atoms with E-state index in [2.05, 4.69) is 26.7 Å². The molecule has 0 aromatic heterocycles. The highest BCUT2D eigenvalue weighted by molar-refractivity contribution is 7.92. The molecule has 0 bridgehead atoms. The summed E-state index contributed by atoms with van der Waals surface area (Å²) in [5.74, 6) is 2.20. The second-order valence-corrected chi connectivity index (χ2v) is 14.0. The topological polar surface area (TPSA) is 110 Å². The number of aliphatic hydroxyl groups is 1. The normalized spacial score (nSPS) is 13.7. The van der Waals surface area contributed by atoms with Gasteiger partial charge < -0.3 is 29.0 Å². The van der Waals surface area contributed by atoms with Crippen LogP contribution in [0.3, 0.4) is 0 Å². The molecule has 266 valence electrons. The summed E-state index contributed by atoms with van der Waals surface area (Å²) in [6.07, 6.45) is -0.699. The lowest BCUT2D eigenvalue weighted by molar-refractivity contribution is 0.0419. The quantitative estimate of drug-likeness (QED) is 0.116. The molecule has 51 heavy (non-hydrogen) atoms. The molecule has 10 nitrogen and oxygen atoms in total. The van der Waals surface area contributed by atoms with Crippen molar-refractivity contribution in [3.8, 4) is 23.0 Å². The van der Waals surface area contributed by atoms with Gasteiger partial charge in [0, 0.05) is 49.7 Å². The smallest absolute Gasteiger partial charge is 0.262 e. The van der Waals surface area contributed by atoms with Crippen LogP contribution in [-0.4, -0.2) is 71.0 Å². The molecule has 5 aromatic rings. The van der Waals surface area contributed by atoms with Gasteiger partial charge in [-0.15, -0.1) is 0 Å². The Morgan fingerprint density at radius 3 is 2.00 bits per heavy atom. The number of hydrogen-bond acceptors (Lipinski definition) is 9. The molecule has 1 aliphatic heterocycles. The van der Waals surface area contributed by atoms with Gasteiger partial charge in [0.1, 0.15) is 30.8 Å². The summed E-state index contributed by atoms with van der Waals surface area (Å²) in [6.45, 7) is 3.32. The minimum absolute atomic E-state index is 0.0722. The maximum Gasteiger partial charge on any atom is 0.262 e. The lowest BCUT2D eigenvalue weighted by atomic mass is 10.0. The SMILES string of the molecule is COc1ccc(S(=O)(=O)Nc2ccc(N3CC(N(Cc4ccccc4)CC(O)COc4ccc(OCc5ccccc5)cc4)C3)cc2)cc1OC. The highest BCUT2D eigenvalue weighted by atomic mass is 32.2. The summed E-state index contributed by atoms with van der Waals surface area (Å²) in [4.78, 5) is 4.61. The maximum atomic E-state index is 13.1. The lowest BCUT2D eigenvalue weighted by Crippen LogP contribution is -2.60. The Morgan fingerprint density at radius 1 is 0.765 bits per heavy atom. The summed E-state index contributed by atoms with van der Waals surface area (Å²) in [5, 5.41) is 11.1. The van der Waals surface area contributed by atoms with E-state index in [1.54, 1.807) is 18.2 Å². The number of benzene rings is 5. The van der Waals surface area contributed by atoms with Crippen LogP contribution in [0, 0.1) is 0 Å². The molecule has 1 fully saturated rings. The third-order valence-electron chi connectivity index (χ3n) is 8.72. The molecule has 0 amide bonds. The minimum Gasteiger partial charge on any atom is -0.493 e. The number of aliphatic hydroxyl groups excluding tert-OH is 1. The summed E-state index contributed by atoms with van der Waals surface area (Å²) >= 11 is 0. The van der Waals surface area contributed by atoms with Gasteiger partial charge in [0.15, 0.2) is 11.5 Å². The fraction of sp³-hybridized carbons (Fsp3) is 0.250. The van der Waals surface area contributed by atoms with Gasteiger partial charge in [0.05, 0.1) is 19.1 Å². The van der Waals surface area contributed by atoms with Gasteiger partial charge in [-0.25, -0.2) is 8.42 Å². The number of nitrogens with zero attached hydrogens (tertiary/aromatic N) is 2. The van der Waals surface area contributed by atoms with Crippen molar-refractivity contribution in [2.24, 2.45) is 0 Å². The number of anilines is 2. The van der Waals surface area contributed by atoms with E-state index in [0.29, 0.717) is 42.6 Å². The first-order valence-electron chi connectivity index (χ1n) is 16.7. The van der Waals surface area contributed by atoms with Crippen LogP contribution < -0.4 is 28.6 Å². The number of hydrogen-bond donors (Lipinski definition) is 2. The van der Waals surface area contributed by atoms with E-state index >= 15 is 0 Å². The molecular weight excluding hydrogens is 667 g/mol. The summed E-state index contributed by atoms with van der Waals surface area (Å²) in [7, 11) is -0.879. The Bertz CT molecular complexity index is 1940. The second kappa shape index (κ2) is 16.7. The molecule has 0 aliphatic carbocycles. The highest BCUT2D eigenvalue weighted by Gasteiger charge is 2.33. The van der Waals surface area contributed by atoms with Crippen molar-refractivity contribution in [1.82, 2.24) is 4.90 Å². The number of nitrogens with one attached hydrogen (secondary N) is 1. The first-order chi connectivity index (χ1) is 24.8. The first kappa shape index (κ1) is 35.6. The average molecular weight is 710 g/mol. The van der Waals surface area contributed by atoms with Crippen LogP contribution in [0.25, 0.3) is 0 Å². The van der Waals surface area contributed by atoms with E-state index in [9.17, 15) is 13.5 Å². The van der Waals surface area contributed by atoms with Gasteiger partial charge in [-0.1, -0.05) is 60.7 Å². The molecule has 1 unspecified atom stereocenters. The number of methoxy groups -OCH3 is 2. The summed E-state index contributed by atoms with van der Waals surface area (Å²) < 4.78 is 51.1. The molecule has 0 radical (unpaired) electrons. The zero-order valence-corrected chi connectivity index (χ0v) is 29.5.